The molecule has 0 saturated heterocycles. The van der Waals surface area contributed by atoms with Crippen LogP contribution in [0, 0.1) is 5.21 Å². The summed E-state index contributed by atoms with van der Waals surface area (Å²) in [5, 5.41) is 18.6. The fourth-order valence-corrected chi connectivity index (χ4v) is 2.15. The van der Waals surface area contributed by atoms with Gasteiger partial charge < -0.3 is 5.21 Å². The fraction of sp³-hybridized carbons (Fsp3) is 0.357. The lowest BCUT2D eigenvalue weighted by Gasteiger charge is -2.11. The van der Waals surface area contributed by atoms with E-state index in [0.717, 1.165) is 36.8 Å². The molecule has 96 valence electrons. The second-order valence-corrected chi connectivity index (χ2v) is 4.58. The highest BCUT2D eigenvalue weighted by Crippen LogP contribution is 2.21. The summed E-state index contributed by atoms with van der Waals surface area (Å²) >= 11 is 0. The third-order valence-corrected chi connectivity index (χ3v) is 3.21. The maximum Gasteiger partial charge on any atom is 0.163 e. The van der Waals surface area contributed by atoms with Crippen LogP contribution in [0.1, 0.15) is 37.7 Å². The molecular weight excluding hydrogens is 230 g/mol. The lowest BCUT2D eigenvalue weighted by molar-refractivity contribution is -0.991. The second kappa shape index (κ2) is 5.91. The van der Waals surface area contributed by atoms with Gasteiger partial charge in [-0.1, -0.05) is 6.42 Å². The van der Waals surface area contributed by atoms with Crippen LogP contribution in [0.3, 0.4) is 0 Å². The number of allylic oxidation sites excluding steroid dienone is 1. The van der Waals surface area contributed by atoms with Gasteiger partial charge in [0.05, 0.1) is 0 Å². The number of carbonyl (C=O) groups is 1. The molecule has 0 spiro atoms. The highest BCUT2D eigenvalue weighted by Gasteiger charge is 2.13. The number of nitrogens with one attached hydrogen (secondary N) is 1. The summed E-state index contributed by atoms with van der Waals surface area (Å²) < 4.78 is 0. The third-order valence-electron chi connectivity index (χ3n) is 3.21. The molecule has 2 rings (SSSR count). The van der Waals surface area contributed by atoms with Crippen LogP contribution in [0.2, 0.25) is 0 Å². The Morgan fingerprint density at radius 1 is 1.11 bits per heavy atom. The first-order chi connectivity index (χ1) is 8.66. The minimum Gasteiger partial charge on any atom is -0.595 e. The smallest absolute Gasteiger partial charge is 0.163 e. The molecular formula is C14H17NO3. The summed E-state index contributed by atoms with van der Waals surface area (Å²) in [6.45, 7) is 0. The van der Waals surface area contributed by atoms with Gasteiger partial charge in [0.25, 0.3) is 0 Å². The van der Waals surface area contributed by atoms with E-state index in [4.69, 9.17) is 5.21 Å². The lowest BCUT2D eigenvalue weighted by Crippen LogP contribution is -2.99. The predicted octanol–water partition coefficient (Wildman–Crippen LogP) is 2.01. The summed E-state index contributed by atoms with van der Waals surface area (Å²) in [5.74, 6) is 0.231. The molecule has 1 aliphatic rings. The van der Waals surface area contributed by atoms with Crippen LogP contribution in [-0.4, -0.2) is 11.0 Å². The van der Waals surface area contributed by atoms with Gasteiger partial charge in [0.2, 0.25) is 0 Å². The second-order valence-electron chi connectivity index (χ2n) is 4.58. The number of benzene rings is 1. The van der Waals surface area contributed by atoms with Crippen LogP contribution in [0.15, 0.2) is 29.8 Å². The van der Waals surface area contributed by atoms with Gasteiger partial charge in [-0.3, -0.25) is 4.79 Å². The molecule has 0 aliphatic heterocycles. The van der Waals surface area contributed by atoms with Crippen LogP contribution in [0.5, 0.6) is 0 Å². The monoisotopic (exact) mass is 247 g/mol. The molecule has 18 heavy (non-hydrogen) atoms. The van der Waals surface area contributed by atoms with Crippen LogP contribution < -0.4 is 5.23 Å². The van der Waals surface area contributed by atoms with Gasteiger partial charge in [0, 0.05) is 18.6 Å². The van der Waals surface area contributed by atoms with E-state index in [1.54, 1.807) is 24.3 Å². The number of carbonyl (C=O) groups excluding carboxylic acids is 1. The summed E-state index contributed by atoms with van der Waals surface area (Å²) in [5.41, 5.74) is 2.03. The molecule has 0 radical (unpaired) electrons. The van der Waals surface area contributed by atoms with Gasteiger partial charge in [-0.25, -0.2) is 5.21 Å². The van der Waals surface area contributed by atoms with Gasteiger partial charge in [-0.15, -0.1) is 0 Å². The van der Waals surface area contributed by atoms with Gasteiger partial charge in [-0.2, -0.15) is 5.23 Å². The minimum absolute atomic E-state index is 0.231. The number of quaternary nitrogens is 1. The molecule has 1 aromatic carbocycles. The Morgan fingerprint density at radius 2 is 1.78 bits per heavy atom. The molecule has 1 aromatic rings. The van der Waals surface area contributed by atoms with Crippen molar-refractivity contribution >= 4 is 17.5 Å². The molecule has 1 unspecified atom stereocenters. The Bertz CT molecular complexity index is 449. The van der Waals surface area contributed by atoms with E-state index in [1.165, 1.54) is 0 Å². The fourth-order valence-electron chi connectivity index (χ4n) is 2.15. The third kappa shape index (κ3) is 3.26. The van der Waals surface area contributed by atoms with Gasteiger partial charge in [0.15, 0.2) is 11.5 Å². The maximum absolute atomic E-state index is 11.8. The Labute approximate surface area is 106 Å². The van der Waals surface area contributed by atoms with E-state index in [-0.39, 0.29) is 11.5 Å². The first kappa shape index (κ1) is 13.0. The van der Waals surface area contributed by atoms with Crippen molar-refractivity contribution in [2.45, 2.75) is 32.1 Å². The number of hydrogen-bond acceptors (Lipinski definition) is 3. The van der Waals surface area contributed by atoms with Crippen molar-refractivity contribution in [3.63, 3.8) is 0 Å². The van der Waals surface area contributed by atoms with Crippen molar-refractivity contribution in [1.82, 2.24) is 0 Å². The van der Waals surface area contributed by atoms with E-state index >= 15 is 0 Å². The number of ketones is 1. The molecule has 1 atom stereocenters. The van der Waals surface area contributed by atoms with Crippen LogP contribution in [-0.2, 0) is 4.79 Å². The van der Waals surface area contributed by atoms with Crippen LogP contribution in [0.4, 0.5) is 5.69 Å². The summed E-state index contributed by atoms with van der Waals surface area (Å²) in [6, 6.07) is 6.62. The van der Waals surface area contributed by atoms with Crippen molar-refractivity contribution in [3.05, 3.63) is 40.6 Å². The Balaban J connectivity index is 2.18. The van der Waals surface area contributed by atoms with Gasteiger partial charge in [-0.05, 0) is 48.6 Å². The van der Waals surface area contributed by atoms with E-state index in [0.29, 0.717) is 6.42 Å². The number of Topliss-reactive ketones (excluding diaryl/α,β-unsaturated/α-hetero) is 1. The van der Waals surface area contributed by atoms with Crippen molar-refractivity contribution in [2.75, 3.05) is 0 Å². The molecule has 0 heterocycles. The molecule has 1 aliphatic carbocycles. The highest BCUT2D eigenvalue weighted by molar-refractivity contribution is 5.99. The van der Waals surface area contributed by atoms with E-state index in [2.05, 4.69) is 0 Å². The first-order valence-corrected chi connectivity index (χ1v) is 6.24. The van der Waals surface area contributed by atoms with E-state index in [1.807, 2.05) is 6.08 Å². The Hall–Kier alpha value is -1.49. The first-order valence-electron chi connectivity index (χ1n) is 6.24. The molecule has 0 amide bonds. The molecule has 1 saturated carbocycles. The average Bonchev–Trinajstić information content (AvgIpc) is 2.56. The van der Waals surface area contributed by atoms with Gasteiger partial charge >= 0.3 is 0 Å². The predicted molar refractivity (Wildman–Crippen MR) is 68.3 cm³/mol. The average molecular weight is 247 g/mol. The Kier molecular flexibility index (Phi) is 4.25. The van der Waals surface area contributed by atoms with Crippen molar-refractivity contribution in [2.24, 2.45) is 0 Å². The van der Waals surface area contributed by atoms with E-state index in [9.17, 15) is 10.0 Å². The van der Waals surface area contributed by atoms with Gasteiger partial charge in [0.1, 0.15) is 0 Å². The summed E-state index contributed by atoms with van der Waals surface area (Å²) in [4.78, 5) is 11.8. The molecule has 1 fully saturated rings. The topological polar surface area (TPSA) is 64.8 Å². The van der Waals surface area contributed by atoms with E-state index < -0.39 is 5.23 Å². The quantitative estimate of drug-likeness (QED) is 0.477. The molecule has 4 nitrogen and oxygen atoms in total. The zero-order chi connectivity index (χ0) is 13.0. The van der Waals surface area contributed by atoms with Crippen LogP contribution >= 0.6 is 0 Å². The van der Waals surface area contributed by atoms with Crippen molar-refractivity contribution < 1.29 is 15.2 Å². The zero-order valence-corrected chi connectivity index (χ0v) is 10.2. The standard InChI is InChI=1S/C14H17NO3/c16-14-5-3-1-2-4-12(14)10-11-6-8-13(9-7-11)15(17)18/h6-10,15,17H,1-5H2/b12-10-. The molecule has 0 bridgehead atoms. The largest absolute Gasteiger partial charge is 0.595 e. The number of rotatable bonds is 2. The Morgan fingerprint density at radius 3 is 2.44 bits per heavy atom. The molecule has 4 heteroatoms. The SMILES string of the molecule is O=C1CCCCC/C1=C/c1ccc([NH+]([O-])O)cc1. The zero-order valence-electron chi connectivity index (χ0n) is 10.2. The van der Waals surface area contributed by atoms with Crippen molar-refractivity contribution in [3.8, 4) is 0 Å². The van der Waals surface area contributed by atoms with Crippen LogP contribution in [0.25, 0.3) is 6.08 Å². The van der Waals surface area contributed by atoms with Crippen molar-refractivity contribution in [1.29, 1.82) is 0 Å². The molecule has 0 aromatic heterocycles. The lowest BCUT2D eigenvalue weighted by atomic mass is 10.0. The maximum atomic E-state index is 11.8. The number of hydrogen-bond donors (Lipinski definition) is 2. The summed E-state index contributed by atoms with van der Waals surface area (Å²) in [6.07, 6.45) is 6.51. The highest BCUT2D eigenvalue weighted by atomic mass is 16.8. The normalized spacial score (nSPS) is 20.8. The molecule has 2 N–H and O–H groups in total. The minimum atomic E-state index is -0.931. The summed E-state index contributed by atoms with van der Waals surface area (Å²) in [7, 11) is 0.